The maximum absolute atomic E-state index is 12.3. The molecule has 0 atom stereocenters. The van der Waals surface area contributed by atoms with E-state index in [1.54, 1.807) is 18.0 Å². The Morgan fingerprint density at radius 3 is 2.45 bits per heavy atom. The van der Waals surface area contributed by atoms with Crippen molar-refractivity contribution in [1.82, 2.24) is 19.9 Å². The van der Waals surface area contributed by atoms with Crippen molar-refractivity contribution in [2.45, 2.75) is 20.5 Å². The minimum atomic E-state index is -0.295. The number of benzene rings is 1. The van der Waals surface area contributed by atoms with Crippen LogP contribution in [0.4, 0.5) is 10.6 Å². The summed E-state index contributed by atoms with van der Waals surface area (Å²) in [7, 11) is 0. The predicted octanol–water partition coefficient (Wildman–Crippen LogP) is 2.91. The summed E-state index contributed by atoms with van der Waals surface area (Å²) in [5.41, 5.74) is 2.92. The number of rotatable bonds is 4. The first-order chi connectivity index (χ1) is 15.0. The van der Waals surface area contributed by atoms with Gasteiger partial charge in [0.25, 0.3) is 5.56 Å². The van der Waals surface area contributed by atoms with Crippen LogP contribution in [0.25, 0.3) is 11.4 Å². The van der Waals surface area contributed by atoms with Crippen molar-refractivity contribution < 1.29 is 9.53 Å². The molecule has 0 radical (unpaired) electrons. The lowest BCUT2D eigenvalue weighted by molar-refractivity contribution is 0.0941. The van der Waals surface area contributed by atoms with Gasteiger partial charge in [-0.2, -0.15) is 0 Å². The van der Waals surface area contributed by atoms with Crippen molar-refractivity contribution in [3.63, 3.8) is 0 Å². The zero-order valence-electron chi connectivity index (χ0n) is 17.7. The highest BCUT2D eigenvalue weighted by Gasteiger charge is 2.23. The zero-order valence-corrected chi connectivity index (χ0v) is 17.7. The third kappa shape index (κ3) is 4.74. The molecule has 3 aromatic rings. The van der Waals surface area contributed by atoms with Gasteiger partial charge < -0.3 is 19.5 Å². The lowest BCUT2D eigenvalue weighted by Crippen LogP contribution is -2.49. The van der Waals surface area contributed by atoms with Gasteiger partial charge in [-0.3, -0.25) is 4.79 Å². The number of aromatic nitrogens is 3. The van der Waals surface area contributed by atoms with E-state index in [1.165, 1.54) is 0 Å². The Labute approximate surface area is 180 Å². The molecule has 1 fully saturated rings. The van der Waals surface area contributed by atoms with E-state index in [4.69, 9.17) is 4.74 Å². The number of aryl methyl sites for hydroxylation is 1. The summed E-state index contributed by atoms with van der Waals surface area (Å²) < 4.78 is 5.42. The molecule has 1 aromatic carbocycles. The number of hydrogen-bond acceptors (Lipinski definition) is 6. The molecule has 2 aromatic heterocycles. The number of hydrogen-bond donors (Lipinski definition) is 1. The average Bonchev–Trinajstić information content (AvgIpc) is 2.81. The molecule has 0 saturated carbocycles. The zero-order chi connectivity index (χ0) is 21.8. The Morgan fingerprint density at radius 1 is 1.06 bits per heavy atom. The van der Waals surface area contributed by atoms with E-state index in [9.17, 15) is 9.59 Å². The van der Waals surface area contributed by atoms with Crippen LogP contribution >= 0.6 is 0 Å². The van der Waals surface area contributed by atoms with Crippen LogP contribution < -0.4 is 10.5 Å². The average molecular weight is 419 g/mol. The number of nitrogens with zero attached hydrogens (tertiary/aromatic N) is 4. The van der Waals surface area contributed by atoms with Crippen molar-refractivity contribution in [2.75, 3.05) is 31.1 Å². The second-order valence-electron chi connectivity index (χ2n) is 7.54. The van der Waals surface area contributed by atoms with E-state index in [2.05, 4.69) is 19.9 Å². The first kappa shape index (κ1) is 20.6. The van der Waals surface area contributed by atoms with Gasteiger partial charge in [-0.15, -0.1) is 0 Å². The van der Waals surface area contributed by atoms with Crippen molar-refractivity contribution in [2.24, 2.45) is 0 Å². The molecule has 0 spiro atoms. The molecular weight excluding hydrogens is 394 g/mol. The van der Waals surface area contributed by atoms with E-state index in [0.717, 1.165) is 16.9 Å². The minimum Gasteiger partial charge on any atom is -0.445 e. The van der Waals surface area contributed by atoms with E-state index >= 15 is 0 Å². The molecule has 4 rings (SSSR count). The third-order valence-electron chi connectivity index (χ3n) is 5.48. The highest BCUT2D eigenvalue weighted by atomic mass is 16.6. The molecule has 0 aliphatic carbocycles. The lowest BCUT2D eigenvalue weighted by atomic mass is 10.2. The largest absolute Gasteiger partial charge is 0.445 e. The van der Waals surface area contributed by atoms with Crippen LogP contribution in [-0.4, -0.2) is 52.1 Å². The minimum absolute atomic E-state index is 0.137. The van der Waals surface area contributed by atoms with Crippen molar-refractivity contribution in [1.29, 1.82) is 0 Å². The highest BCUT2D eigenvalue weighted by Crippen LogP contribution is 2.19. The summed E-state index contributed by atoms with van der Waals surface area (Å²) >= 11 is 0. The number of piperazine rings is 1. The number of aromatic amines is 1. The smallest absolute Gasteiger partial charge is 0.410 e. The van der Waals surface area contributed by atoms with Crippen molar-refractivity contribution in [3.05, 3.63) is 75.8 Å². The SMILES string of the molecule is Cc1nc(-c2ccc(N3CCN(C(=O)OCc4ccccc4)CC3)nc2)[nH]c(=O)c1C. The molecule has 1 aliphatic rings. The Bertz CT molecular complexity index is 1100. The van der Waals surface area contributed by atoms with Gasteiger partial charge in [0.1, 0.15) is 18.2 Å². The van der Waals surface area contributed by atoms with Gasteiger partial charge >= 0.3 is 6.09 Å². The number of pyridine rings is 1. The standard InChI is InChI=1S/C23H25N5O3/c1-16-17(2)25-21(26-22(16)29)19-8-9-20(24-14-19)27-10-12-28(13-11-27)23(30)31-15-18-6-4-3-5-7-18/h3-9,14H,10-13,15H2,1-2H3,(H,25,26,29). The number of ether oxygens (including phenoxy) is 1. The lowest BCUT2D eigenvalue weighted by Gasteiger charge is -2.34. The van der Waals surface area contributed by atoms with Crippen LogP contribution in [0.5, 0.6) is 0 Å². The molecule has 31 heavy (non-hydrogen) atoms. The maximum Gasteiger partial charge on any atom is 0.410 e. The summed E-state index contributed by atoms with van der Waals surface area (Å²) in [6, 6.07) is 13.5. The Hall–Kier alpha value is -3.68. The van der Waals surface area contributed by atoms with E-state index < -0.39 is 0 Å². The molecule has 1 amide bonds. The molecule has 1 N–H and O–H groups in total. The topological polar surface area (TPSA) is 91.4 Å². The van der Waals surface area contributed by atoms with Crippen LogP contribution in [0.1, 0.15) is 16.8 Å². The summed E-state index contributed by atoms with van der Waals surface area (Å²) in [5.74, 6) is 1.34. The second kappa shape index (κ2) is 8.99. The Balaban J connectivity index is 1.33. The van der Waals surface area contributed by atoms with Gasteiger partial charge in [-0.25, -0.2) is 14.8 Å². The number of carbonyl (C=O) groups is 1. The van der Waals surface area contributed by atoms with Gasteiger partial charge in [0, 0.05) is 49.2 Å². The fourth-order valence-corrected chi connectivity index (χ4v) is 3.42. The van der Waals surface area contributed by atoms with Crippen LogP contribution in [0.3, 0.4) is 0 Å². The normalized spacial score (nSPS) is 13.9. The van der Waals surface area contributed by atoms with E-state index in [-0.39, 0.29) is 18.3 Å². The van der Waals surface area contributed by atoms with Crippen LogP contribution in [0, 0.1) is 13.8 Å². The summed E-state index contributed by atoms with van der Waals surface area (Å²) in [6.45, 7) is 6.34. The molecule has 3 heterocycles. The number of amides is 1. The second-order valence-corrected chi connectivity index (χ2v) is 7.54. The molecular formula is C23H25N5O3. The van der Waals surface area contributed by atoms with Crippen molar-refractivity contribution in [3.8, 4) is 11.4 Å². The predicted molar refractivity (Wildman–Crippen MR) is 118 cm³/mol. The monoisotopic (exact) mass is 419 g/mol. The quantitative estimate of drug-likeness (QED) is 0.699. The summed E-state index contributed by atoms with van der Waals surface area (Å²) in [6.07, 6.45) is 1.42. The van der Waals surface area contributed by atoms with Gasteiger partial charge in [0.15, 0.2) is 0 Å². The fraction of sp³-hybridized carbons (Fsp3) is 0.304. The number of H-pyrrole nitrogens is 1. The highest BCUT2D eigenvalue weighted by molar-refractivity contribution is 5.68. The van der Waals surface area contributed by atoms with Crippen LogP contribution in [-0.2, 0) is 11.3 Å². The molecule has 0 bridgehead atoms. The summed E-state index contributed by atoms with van der Waals surface area (Å²) in [5, 5.41) is 0. The molecule has 1 saturated heterocycles. The molecule has 8 heteroatoms. The molecule has 0 unspecified atom stereocenters. The first-order valence-corrected chi connectivity index (χ1v) is 10.3. The van der Waals surface area contributed by atoms with E-state index in [1.807, 2.05) is 49.4 Å². The first-order valence-electron chi connectivity index (χ1n) is 10.3. The molecule has 160 valence electrons. The van der Waals surface area contributed by atoms with Gasteiger partial charge in [-0.1, -0.05) is 30.3 Å². The molecule has 1 aliphatic heterocycles. The number of carbonyl (C=O) groups excluding carboxylic acids is 1. The van der Waals surface area contributed by atoms with Crippen LogP contribution in [0.2, 0.25) is 0 Å². The van der Waals surface area contributed by atoms with Crippen molar-refractivity contribution >= 4 is 11.9 Å². The van der Waals surface area contributed by atoms with Gasteiger partial charge in [0.05, 0.1) is 0 Å². The molecule has 8 nitrogen and oxygen atoms in total. The van der Waals surface area contributed by atoms with Crippen LogP contribution in [0.15, 0.2) is 53.5 Å². The Morgan fingerprint density at radius 2 is 1.81 bits per heavy atom. The maximum atomic E-state index is 12.3. The fourth-order valence-electron chi connectivity index (χ4n) is 3.42. The third-order valence-corrected chi connectivity index (χ3v) is 5.48. The number of nitrogens with one attached hydrogen (secondary N) is 1. The van der Waals surface area contributed by atoms with Gasteiger partial charge in [0.2, 0.25) is 0 Å². The Kier molecular flexibility index (Phi) is 5.97. The van der Waals surface area contributed by atoms with Gasteiger partial charge in [-0.05, 0) is 31.5 Å². The summed E-state index contributed by atoms with van der Waals surface area (Å²) in [4.78, 5) is 39.9. The number of anilines is 1. The van der Waals surface area contributed by atoms with E-state index in [0.29, 0.717) is 43.3 Å².